The first-order valence-corrected chi connectivity index (χ1v) is 6.18. The monoisotopic (exact) mass is 306 g/mol. The van der Waals surface area contributed by atoms with Crippen LogP contribution in [0.5, 0.6) is 11.5 Å². The van der Waals surface area contributed by atoms with Gasteiger partial charge in [-0.15, -0.1) is 0 Å². The van der Waals surface area contributed by atoms with Gasteiger partial charge in [-0.05, 0) is 18.2 Å². The van der Waals surface area contributed by atoms with E-state index < -0.39 is 11.9 Å². The zero-order chi connectivity index (χ0) is 15.9. The van der Waals surface area contributed by atoms with Crippen molar-refractivity contribution in [1.82, 2.24) is 15.2 Å². The molecule has 0 bridgehead atoms. The molecule has 2 rings (SSSR count). The Morgan fingerprint density at radius 1 is 1.27 bits per heavy atom. The van der Waals surface area contributed by atoms with E-state index in [2.05, 4.69) is 25.2 Å². The average Bonchev–Trinajstić information content (AvgIpc) is 3.05. The first-order valence-electron chi connectivity index (χ1n) is 6.18. The van der Waals surface area contributed by atoms with E-state index >= 15 is 0 Å². The average molecular weight is 306 g/mol. The zero-order valence-electron chi connectivity index (χ0n) is 12.0. The molecule has 1 aromatic carbocycles. The minimum absolute atomic E-state index is 0.231. The smallest absolute Gasteiger partial charge is 0.343 e. The largest absolute Gasteiger partial charge is 0.493 e. The molecule has 0 saturated heterocycles. The molecule has 0 unspecified atom stereocenters. The van der Waals surface area contributed by atoms with Crippen molar-refractivity contribution < 1.29 is 23.8 Å². The summed E-state index contributed by atoms with van der Waals surface area (Å²) in [6.45, 7) is -0.254. The predicted octanol–water partition coefficient (Wildman–Crippen LogP) is 0.617. The summed E-state index contributed by atoms with van der Waals surface area (Å²) in [5.41, 5.74) is 0.332. The quantitative estimate of drug-likeness (QED) is 0.751. The van der Waals surface area contributed by atoms with Crippen LogP contribution in [-0.4, -0.2) is 47.9 Å². The third kappa shape index (κ3) is 3.72. The number of benzene rings is 1. The van der Waals surface area contributed by atoms with Crippen molar-refractivity contribution in [2.24, 2.45) is 0 Å². The number of H-pyrrole nitrogens is 1. The number of hydrogen-bond donors (Lipinski definition) is 2. The fourth-order valence-electron chi connectivity index (χ4n) is 1.57. The lowest BCUT2D eigenvalue weighted by Gasteiger charge is -2.11. The second-order valence-electron chi connectivity index (χ2n) is 4.02. The molecule has 0 radical (unpaired) electrons. The van der Waals surface area contributed by atoms with Gasteiger partial charge in [0.05, 0.1) is 14.2 Å². The topological polar surface area (TPSA) is 115 Å². The Balaban J connectivity index is 2.10. The zero-order valence-corrected chi connectivity index (χ0v) is 12.0. The third-order valence-electron chi connectivity index (χ3n) is 2.65. The highest BCUT2D eigenvalue weighted by Crippen LogP contribution is 2.28. The van der Waals surface area contributed by atoms with Crippen LogP contribution in [0.3, 0.4) is 0 Å². The molecule has 9 heteroatoms. The van der Waals surface area contributed by atoms with Gasteiger partial charge in [0.2, 0.25) is 5.95 Å². The first kappa shape index (κ1) is 15.3. The number of methoxy groups -OCH3 is 2. The minimum atomic E-state index is -0.519. The molecule has 0 fully saturated rings. The van der Waals surface area contributed by atoms with Gasteiger partial charge < -0.3 is 14.2 Å². The molecule has 0 aliphatic carbocycles. The number of nitrogens with zero attached hydrogens (tertiary/aromatic N) is 2. The van der Waals surface area contributed by atoms with Crippen LogP contribution < -0.4 is 14.8 Å². The lowest BCUT2D eigenvalue weighted by Crippen LogP contribution is -2.15. The minimum Gasteiger partial charge on any atom is -0.493 e. The summed E-state index contributed by atoms with van der Waals surface area (Å²) in [4.78, 5) is 26.9. The highest BCUT2D eigenvalue weighted by molar-refractivity contribution is 6.03. The molecule has 2 aromatic rings. The van der Waals surface area contributed by atoms with Gasteiger partial charge in [-0.2, -0.15) is 10.1 Å². The molecule has 9 nitrogen and oxygen atoms in total. The third-order valence-corrected chi connectivity index (χ3v) is 2.65. The van der Waals surface area contributed by atoms with Crippen molar-refractivity contribution in [3.05, 3.63) is 30.1 Å². The van der Waals surface area contributed by atoms with E-state index in [0.717, 1.165) is 0 Å². The van der Waals surface area contributed by atoms with Gasteiger partial charge >= 0.3 is 5.97 Å². The molecule has 1 aromatic heterocycles. The Hall–Kier alpha value is -3.10. The maximum absolute atomic E-state index is 12.0. The summed E-state index contributed by atoms with van der Waals surface area (Å²) in [6, 6.07) is 4.54. The molecule has 1 heterocycles. The summed E-state index contributed by atoms with van der Waals surface area (Å²) < 4.78 is 14.9. The van der Waals surface area contributed by atoms with E-state index in [4.69, 9.17) is 9.47 Å². The molecule has 0 aliphatic rings. The molecule has 116 valence electrons. The number of aromatic nitrogens is 3. The van der Waals surface area contributed by atoms with Crippen molar-refractivity contribution in [2.45, 2.75) is 0 Å². The van der Waals surface area contributed by atoms with Crippen molar-refractivity contribution >= 4 is 17.8 Å². The Morgan fingerprint density at radius 2 is 2.09 bits per heavy atom. The van der Waals surface area contributed by atoms with Gasteiger partial charge in [0.1, 0.15) is 6.33 Å². The van der Waals surface area contributed by atoms with Crippen molar-refractivity contribution in [3.63, 3.8) is 0 Å². The SMILES string of the molecule is COC(=O)COc1ccc(C(=O)Nc2ncn[nH]2)cc1OC. The second kappa shape index (κ2) is 7.07. The van der Waals surface area contributed by atoms with Crippen LogP contribution in [0.2, 0.25) is 0 Å². The van der Waals surface area contributed by atoms with Crippen LogP contribution in [-0.2, 0) is 9.53 Å². The number of nitrogens with one attached hydrogen (secondary N) is 2. The van der Waals surface area contributed by atoms with Crippen molar-refractivity contribution in [2.75, 3.05) is 26.1 Å². The van der Waals surface area contributed by atoms with Gasteiger partial charge in [0.15, 0.2) is 18.1 Å². The fraction of sp³-hybridized carbons (Fsp3) is 0.231. The first-order chi connectivity index (χ1) is 10.6. The molecule has 0 atom stereocenters. The summed E-state index contributed by atoms with van der Waals surface area (Å²) >= 11 is 0. The molecule has 2 N–H and O–H groups in total. The van der Waals surface area contributed by atoms with Gasteiger partial charge in [0, 0.05) is 5.56 Å². The molecular weight excluding hydrogens is 292 g/mol. The van der Waals surface area contributed by atoms with E-state index in [0.29, 0.717) is 17.1 Å². The summed E-state index contributed by atoms with van der Waals surface area (Å²) in [5, 5.41) is 8.67. The van der Waals surface area contributed by atoms with Crippen LogP contribution in [0.4, 0.5) is 5.95 Å². The standard InChI is InChI=1S/C13H14N4O5/c1-20-10-5-8(12(19)16-13-14-7-15-17-13)3-4-9(10)22-6-11(18)21-2/h3-5,7H,6H2,1-2H3,(H2,14,15,16,17,19). The number of esters is 1. The van der Waals surface area contributed by atoms with Crippen molar-refractivity contribution in [3.8, 4) is 11.5 Å². The van der Waals surface area contributed by atoms with E-state index in [1.807, 2.05) is 0 Å². The van der Waals surface area contributed by atoms with Gasteiger partial charge in [-0.1, -0.05) is 0 Å². The van der Waals surface area contributed by atoms with E-state index in [9.17, 15) is 9.59 Å². The Labute approximate surface area is 125 Å². The number of amides is 1. The van der Waals surface area contributed by atoms with Crippen LogP contribution >= 0.6 is 0 Å². The molecular formula is C13H14N4O5. The van der Waals surface area contributed by atoms with Crippen LogP contribution in [0.25, 0.3) is 0 Å². The summed E-state index contributed by atoms with van der Waals surface area (Å²) in [6.07, 6.45) is 1.28. The van der Waals surface area contributed by atoms with Gasteiger partial charge in [-0.3, -0.25) is 10.1 Å². The summed E-state index contributed by atoms with van der Waals surface area (Å²) in [7, 11) is 2.69. The molecule has 22 heavy (non-hydrogen) atoms. The number of rotatable bonds is 6. The Bertz CT molecular complexity index is 656. The molecule has 1 amide bonds. The predicted molar refractivity (Wildman–Crippen MR) is 74.8 cm³/mol. The number of hydrogen-bond acceptors (Lipinski definition) is 7. The number of anilines is 1. The van der Waals surface area contributed by atoms with E-state index in [-0.39, 0.29) is 12.6 Å². The number of ether oxygens (including phenoxy) is 3. The van der Waals surface area contributed by atoms with Crippen LogP contribution in [0, 0.1) is 0 Å². The van der Waals surface area contributed by atoms with E-state index in [1.54, 1.807) is 0 Å². The molecule has 0 aliphatic heterocycles. The molecule has 0 saturated carbocycles. The maximum atomic E-state index is 12.0. The second-order valence-corrected chi connectivity index (χ2v) is 4.02. The highest BCUT2D eigenvalue weighted by Gasteiger charge is 2.13. The van der Waals surface area contributed by atoms with E-state index in [1.165, 1.54) is 38.7 Å². The maximum Gasteiger partial charge on any atom is 0.343 e. The van der Waals surface area contributed by atoms with Crippen LogP contribution in [0.1, 0.15) is 10.4 Å². The normalized spacial score (nSPS) is 9.91. The summed E-state index contributed by atoms with van der Waals surface area (Å²) in [5.74, 6) is -0.0445. The van der Waals surface area contributed by atoms with Crippen molar-refractivity contribution in [1.29, 1.82) is 0 Å². The van der Waals surface area contributed by atoms with Gasteiger partial charge in [0.25, 0.3) is 5.91 Å². The fourth-order valence-corrected chi connectivity index (χ4v) is 1.57. The lowest BCUT2D eigenvalue weighted by molar-refractivity contribution is -0.142. The number of carbonyl (C=O) groups is 2. The lowest BCUT2D eigenvalue weighted by atomic mass is 10.2. The van der Waals surface area contributed by atoms with Crippen LogP contribution in [0.15, 0.2) is 24.5 Å². The number of aromatic amines is 1. The Kier molecular flexibility index (Phi) is 4.91. The Morgan fingerprint density at radius 3 is 2.73 bits per heavy atom. The highest BCUT2D eigenvalue weighted by atomic mass is 16.6. The molecule has 0 spiro atoms. The van der Waals surface area contributed by atoms with Gasteiger partial charge in [-0.25, -0.2) is 9.89 Å². The number of carbonyl (C=O) groups excluding carboxylic acids is 2.